The van der Waals surface area contributed by atoms with Crippen LogP contribution in [0.4, 0.5) is 5.69 Å². The van der Waals surface area contributed by atoms with Gasteiger partial charge in [0.15, 0.2) is 0 Å². The molecule has 2 aromatic rings. The molecule has 0 aliphatic rings. The minimum atomic E-state index is -3.58. The molecule has 0 saturated heterocycles. The minimum Gasteiger partial charge on any atom is -0.352 e. The van der Waals surface area contributed by atoms with Crippen molar-refractivity contribution in [3.8, 4) is 0 Å². The van der Waals surface area contributed by atoms with E-state index in [-0.39, 0.29) is 30.8 Å². The van der Waals surface area contributed by atoms with Crippen molar-refractivity contribution in [1.82, 2.24) is 10.2 Å². The fraction of sp³-hybridized carbons (Fsp3) is 0.481. The molecule has 0 aliphatic heterocycles. The molecule has 0 aromatic heterocycles. The van der Waals surface area contributed by atoms with E-state index in [9.17, 15) is 18.0 Å². The highest BCUT2D eigenvalue weighted by molar-refractivity contribution is 7.92. The lowest BCUT2D eigenvalue weighted by atomic mass is 10.1. The predicted octanol–water partition coefficient (Wildman–Crippen LogP) is 4.57. The first-order chi connectivity index (χ1) is 16.9. The van der Waals surface area contributed by atoms with Gasteiger partial charge < -0.3 is 10.2 Å². The number of benzene rings is 2. The quantitative estimate of drug-likeness (QED) is 0.407. The van der Waals surface area contributed by atoms with Gasteiger partial charge in [-0.1, -0.05) is 54.9 Å². The maximum Gasteiger partial charge on any atom is 0.242 e. The topological polar surface area (TPSA) is 86.8 Å². The first-order valence-electron chi connectivity index (χ1n) is 12.3. The van der Waals surface area contributed by atoms with Crippen LogP contribution in [0.5, 0.6) is 0 Å². The monoisotopic (exact) mass is 535 g/mol. The number of anilines is 1. The molecular weight excluding hydrogens is 498 g/mol. The number of sulfonamides is 1. The number of carbonyl (C=O) groups excluding carboxylic acids is 2. The van der Waals surface area contributed by atoms with Crippen LogP contribution in [0.25, 0.3) is 0 Å². The van der Waals surface area contributed by atoms with Crippen molar-refractivity contribution in [1.29, 1.82) is 0 Å². The Labute approximate surface area is 220 Å². The average molecular weight is 536 g/mol. The van der Waals surface area contributed by atoms with Crippen LogP contribution in [0, 0.1) is 6.92 Å². The molecule has 1 N–H and O–H groups in total. The number of nitrogens with one attached hydrogen (secondary N) is 1. The van der Waals surface area contributed by atoms with Gasteiger partial charge in [-0.2, -0.15) is 0 Å². The maximum atomic E-state index is 13.3. The van der Waals surface area contributed by atoms with Gasteiger partial charge in [-0.3, -0.25) is 13.9 Å². The lowest BCUT2D eigenvalue weighted by Gasteiger charge is -2.30. The molecule has 0 heterocycles. The van der Waals surface area contributed by atoms with Crippen LogP contribution >= 0.6 is 11.6 Å². The first kappa shape index (κ1) is 29.6. The van der Waals surface area contributed by atoms with Crippen LogP contribution in [0.3, 0.4) is 0 Å². The Morgan fingerprint density at radius 3 is 2.33 bits per heavy atom. The number of nitrogens with zero attached hydrogens (tertiary/aromatic N) is 2. The summed E-state index contributed by atoms with van der Waals surface area (Å²) in [5.74, 6) is -0.382. The number of aryl methyl sites for hydroxylation is 1. The summed E-state index contributed by atoms with van der Waals surface area (Å²) in [6, 6.07) is 14.3. The highest BCUT2D eigenvalue weighted by Gasteiger charge is 2.27. The smallest absolute Gasteiger partial charge is 0.242 e. The number of halogens is 1. The van der Waals surface area contributed by atoms with Gasteiger partial charge >= 0.3 is 0 Å². The van der Waals surface area contributed by atoms with Crippen LogP contribution in [0.1, 0.15) is 51.2 Å². The van der Waals surface area contributed by atoms with Gasteiger partial charge in [0.05, 0.1) is 11.9 Å². The molecule has 0 fully saturated rings. The van der Waals surface area contributed by atoms with E-state index in [0.717, 1.165) is 23.8 Å². The van der Waals surface area contributed by atoms with Crippen molar-refractivity contribution in [2.75, 3.05) is 23.7 Å². The van der Waals surface area contributed by atoms with Gasteiger partial charge in [0.2, 0.25) is 21.8 Å². The lowest BCUT2D eigenvalue weighted by molar-refractivity contribution is -0.140. The SMILES string of the molecule is CCC(C)NC(=O)C(C)N(CCc1ccccc1)C(=O)CCCN(c1cc(Cl)ccc1C)S(C)(=O)=O. The van der Waals surface area contributed by atoms with Gasteiger partial charge in [0, 0.05) is 30.6 Å². The summed E-state index contributed by atoms with van der Waals surface area (Å²) < 4.78 is 26.3. The van der Waals surface area contributed by atoms with Crippen molar-refractivity contribution in [3.05, 3.63) is 64.7 Å². The molecule has 36 heavy (non-hydrogen) atoms. The number of hydrogen-bond donors (Lipinski definition) is 1. The second kappa shape index (κ2) is 13.7. The van der Waals surface area contributed by atoms with Crippen molar-refractivity contribution in [2.24, 2.45) is 0 Å². The highest BCUT2D eigenvalue weighted by Crippen LogP contribution is 2.26. The lowest BCUT2D eigenvalue weighted by Crippen LogP contribution is -2.50. The minimum absolute atomic E-state index is 0.00952. The molecule has 2 amide bonds. The molecule has 2 rings (SSSR count). The summed E-state index contributed by atoms with van der Waals surface area (Å²) in [4.78, 5) is 27.7. The molecule has 198 valence electrons. The van der Waals surface area contributed by atoms with Crippen LogP contribution in [-0.4, -0.2) is 56.6 Å². The highest BCUT2D eigenvalue weighted by atomic mass is 35.5. The van der Waals surface area contributed by atoms with E-state index in [1.807, 2.05) is 51.1 Å². The summed E-state index contributed by atoms with van der Waals surface area (Å²) in [5, 5.41) is 3.40. The van der Waals surface area contributed by atoms with Gasteiger partial charge in [-0.05, 0) is 63.3 Å². The number of rotatable bonds is 13. The third-order valence-corrected chi connectivity index (χ3v) is 7.66. The van der Waals surface area contributed by atoms with Gasteiger partial charge in [-0.15, -0.1) is 0 Å². The van der Waals surface area contributed by atoms with Gasteiger partial charge in [0.25, 0.3) is 0 Å². The Bertz CT molecular complexity index is 1130. The molecule has 2 aromatic carbocycles. The molecule has 7 nitrogen and oxygen atoms in total. The molecule has 0 radical (unpaired) electrons. The predicted molar refractivity (Wildman–Crippen MR) is 147 cm³/mol. The van der Waals surface area contributed by atoms with E-state index in [2.05, 4.69) is 5.32 Å². The molecule has 0 aliphatic carbocycles. The number of carbonyl (C=O) groups is 2. The molecule has 2 atom stereocenters. The zero-order chi connectivity index (χ0) is 26.9. The van der Waals surface area contributed by atoms with E-state index in [4.69, 9.17) is 11.6 Å². The number of amides is 2. The summed E-state index contributed by atoms with van der Waals surface area (Å²) in [6.45, 7) is 7.99. The van der Waals surface area contributed by atoms with Gasteiger partial charge in [-0.25, -0.2) is 8.42 Å². The van der Waals surface area contributed by atoms with Gasteiger partial charge in [0.1, 0.15) is 6.04 Å². The molecule has 0 saturated carbocycles. The summed E-state index contributed by atoms with van der Waals surface area (Å²) >= 11 is 6.11. The third kappa shape index (κ3) is 8.82. The van der Waals surface area contributed by atoms with E-state index in [0.29, 0.717) is 30.1 Å². The Kier molecular flexibility index (Phi) is 11.2. The molecule has 0 spiro atoms. The molecule has 2 unspecified atom stereocenters. The fourth-order valence-electron chi connectivity index (χ4n) is 3.87. The zero-order valence-corrected chi connectivity index (χ0v) is 23.4. The Hall–Kier alpha value is -2.58. The number of hydrogen-bond acceptors (Lipinski definition) is 4. The summed E-state index contributed by atoms with van der Waals surface area (Å²) in [5.41, 5.74) is 2.35. The van der Waals surface area contributed by atoms with Crippen molar-refractivity contribution >= 4 is 39.1 Å². The summed E-state index contributed by atoms with van der Waals surface area (Å²) in [6.07, 6.45) is 2.97. The standard InChI is InChI=1S/C27H38ClN3O4S/c1-6-21(3)29-27(33)22(4)30(18-16-23-11-8-7-9-12-23)26(32)13-10-17-31(36(5,34)35)25-19-24(28)15-14-20(25)2/h7-9,11-12,14-15,19,21-22H,6,10,13,16-18H2,1-5H3,(H,29,33). The second-order valence-corrected chi connectivity index (χ2v) is 11.5. The Balaban J connectivity index is 2.15. The van der Waals surface area contributed by atoms with Crippen molar-refractivity contribution in [3.63, 3.8) is 0 Å². The third-order valence-electron chi connectivity index (χ3n) is 6.24. The van der Waals surface area contributed by atoms with E-state index < -0.39 is 16.1 Å². The Morgan fingerprint density at radius 1 is 1.06 bits per heavy atom. The normalized spacial score (nSPS) is 13.1. The van der Waals surface area contributed by atoms with Crippen LogP contribution < -0.4 is 9.62 Å². The molecule has 0 bridgehead atoms. The van der Waals surface area contributed by atoms with E-state index in [1.54, 1.807) is 30.0 Å². The van der Waals surface area contributed by atoms with Crippen LogP contribution in [0.2, 0.25) is 5.02 Å². The van der Waals surface area contributed by atoms with Crippen molar-refractivity contribution < 1.29 is 18.0 Å². The van der Waals surface area contributed by atoms with Crippen molar-refractivity contribution in [2.45, 2.75) is 65.5 Å². The fourth-order valence-corrected chi connectivity index (χ4v) is 5.05. The second-order valence-electron chi connectivity index (χ2n) is 9.19. The maximum absolute atomic E-state index is 13.3. The first-order valence-corrected chi connectivity index (χ1v) is 14.5. The average Bonchev–Trinajstić information content (AvgIpc) is 2.83. The zero-order valence-electron chi connectivity index (χ0n) is 21.8. The van der Waals surface area contributed by atoms with Crippen LogP contribution in [0.15, 0.2) is 48.5 Å². The largest absolute Gasteiger partial charge is 0.352 e. The van der Waals surface area contributed by atoms with Crippen LogP contribution in [-0.2, 0) is 26.0 Å². The van der Waals surface area contributed by atoms with E-state index >= 15 is 0 Å². The molecular formula is C27H38ClN3O4S. The molecule has 9 heteroatoms. The van der Waals surface area contributed by atoms with E-state index in [1.165, 1.54) is 4.31 Å². The Morgan fingerprint density at radius 2 is 1.72 bits per heavy atom. The summed E-state index contributed by atoms with van der Waals surface area (Å²) in [7, 11) is -3.58.